The van der Waals surface area contributed by atoms with Crippen LogP contribution < -0.4 is 5.73 Å². The largest absolute Gasteiger partial charge is 0.326 e. The Morgan fingerprint density at radius 1 is 0.696 bits per heavy atom. The summed E-state index contributed by atoms with van der Waals surface area (Å²) < 4.78 is 0. The quantitative estimate of drug-likeness (QED) is 0.424. The minimum Gasteiger partial charge on any atom is -0.326 e. The fourth-order valence-electron chi connectivity index (χ4n) is 3.23. The summed E-state index contributed by atoms with van der Waals surface area (Å²) >= 11 is 0. The summed E-state index contributed by atoms with van der Waals surface area (Å²) in [4.78, 5) is 0. The molecule has 0 atom stereocenters. The van der Waals surface area contributed by atoms with Gasteiger partial charge in [0, 0.05) is 6.54 Å². The lowest BCUT2D eigenvalue weighted by molar-refractivity contribution is 0.556. The van der Waals surface area contributed by atoms with E-state index in [4.69, 9.17) is 5.73 Å². The molecular weight excluding hydrogens is 302 g/mol. The molecule has 0 amide bonds. The zero-order chi connectivity index (χ0) is 16.2. The molecule has 2 heteroatoms. The first-order valence-electron chi connectivity index (χ1n) is 9.48. The van der Waals surface area contributed by atoms with E-state index in [-0.39, 0.29) is 12.4 Å². The van der Waals surface area contributed by atoms with E-state index in [0.717, 1.165) is 0 Å². The third kappa shape index (κ3) is 8.77. The highest BCUT2D eigenvalue weighted by molar-refractivity contribution is 5.85. The Labute approximate surface area is 150 Å². The Morgan fingerprint density at radius 3 is 1.65 bits per heavy atom. The van der Waals surface area contributed by atoms with Gasteiger partial charge in [-0.25, -0.2) is 0 Å². The predicted octanol–water partition coefficient (Wildman–Crippen LogP) is 6.65. The summed E-state index contributed by atoms with van der Waals surface area (Å²) in [6.45, 7) is 7.40. The van der Waals surface area contributed by atoms with Crippen LogP contribution in [0.2, 0.25) is 0 Å². The van der Waals surface area contributed by atoms with E-state index in [2.05, 4.69) is 32.9 Å². The van der Waals surface area contributed by atoms with E-state index in [0.29, 0.717) is 6.54 Å². The maximum atomic E-state index is 5.78. The van der Waals surface area contributed by atoms with Gasteiger partial charge < -0.3 is 5.73 Å². The highest BCUT2D eigenvalue weighted by atomic mass is 35.5. The molecular formula is C21H38ClN. The zero-order valence-electron chi connectivity index (χ0n) is 15.6. The number of halogens is 1. The standard InChI is InChI=1S/C21H37N.ClH/c1-4-5-6-7-8-9-10-11-12-13-14-20-15-16-21(17-22)19(3)18(20)2;/h15-16H,4-14,17,22H2,1-3H3;1H. The number of benzene rings is 1. The zero-order valence-corrected chi connectivity index (χ0v) is 16.4. The van der Waals surface area contributed by atoms with Crippen molar-refractivity contribution in [2.45, 2.75) is 97.9 Å². The first kappa shape index (κ1) is 22.5. The Hall–Kier alpha value is -0.530. The lowest BCUT2D eigenvalue weighted by atomic mass is 9.94. The molecule has 0 bridgehead atoms. The van der Waals surface area contributed by atoms with E-state index in [1.54, 1.807) is 0 Å². The van der Waals surface area contributed by atoms with Gasteiger partial charge in [0.05, 0.1) is 0 Å². The molecule has 0 unspecified atom stereocenters. The topological polar surface area (TPSA) is 26.0 Å². The van der Waals surface area contributed by atoms with Crippen molar-refractivity contribution in [1.29, 1.82) is 0 Å². The third-order valence-corrected chi connectivity index (χ3v) is 5.03. The highest BCUT2D eigenvalue weighted by Gasteiger charge is 2.05. The fourth-order valence-corrected chi connectivity index (χ4v) is 3.23. The Kier molecular flexibility index (Phi) is 13.5. The van der Waals surface area contributed by atoms with Gasteiger partial charge in [0.1, 0.15) is 0 Å². The monoisotopic (exact) mass is 339 g/mol. The van der Waals surface area contributed by atoms with Crippen LogP contribution >= 0.6 is 12.4 Å². The molecule has 0 aliphatic rings. The molecule has 0 heterocycles. The number of hydrogen-bond donors (Lipinski definition) is 1. The van der Waals surface area contributed by atoms with Gasteiger partial charge in [-0.15, -0.1) is 12.4 Å². The van der Waals surface area contributed by atoms with Crippen molar-refractivity contribution in [3.05, 3.63) is 34.4 Å². The average molecular weight is 340 g/mol. The van der Waals surface area contributed by atoms with Crippen LogP contribution in [0.4, 0.5) is 0 Å². The van der Waals surface area contributed by atoms with E-state index in [1.807, 2.05) is 0 Å². The van der Waals surface area contributed by atoms with Gasteiger partial charge >= 0.3 is 0 Å². The van der Waals surface area contributed by atoms with Crippen molar-refractivity contribution in [2.75, 3.05) is 0 Å². The van der Waals surface area contributed by atoms with E-state index < -0.39 is 0 Å². The molecule has 1 aromatic carbocycles. The number of nitrogens with two attached hydrogens (primary N) is 1. The Balaban J connectivity index is 0.00000484. The van der Waals surface area contributed by atoms with Gasteiger partial charge in [0.25, 0.3) is 0 Å². The van der Waals surface area contributed by atoms with Crippen molar-refractivity contribution in [1.82, 2.24) is 0 Å². The van der Waals surface area contributed by atoms with Crippen LogP contribution in [0.1, 0.15) is 93.4 Å². The summed E-state index contributed by atoms with van der Waals surface area (Å²) in [7, 11) is 0. The van der Waals surface area contributed by atoms with E-state index in [1.165, 1.54) is 92.9 Å². The average Bonchev–Trinajstić information content (AvgIpc) is 2.53. The second-order valence-corrected chi connectivity index (χ2v) is 6.77. The van der Waals surface area contributed by atoms with Gasteiger partial charge in [-0.2, -0.15) is 0 Å². The molecule has 1 nitrogen and oxygen atoms in total. The van der Waals surface area contributed by atoms with Crippen LogP contribution in [-0.2, 0) is 13.0 Å². The predicted molar refractivity (Wildman–Crippen MR) is 107 cm³/mol. The first-order chi connectivity index (χ1) is 10.7. The minimum absolute atomic E-state index is 0. The first-order valence-corrected chi connectivity index (χ1v) is 9.48. The maximum absolute atomic E-state index is 5.78. The molecule has 0 saturated carbocycles. The van der Waals surface area contributed by atoms with Crippen molar-refractivity contribution in [3.8, 4) is 0 Å². The molecule has 1 rings (SSSR count). The fraction of sp³-hybridized carbons (Fsp3) is 0.714. The van der Waals surface area contributed by atoms with Crippen LogP contribution in [0.5, 0.6) is 0 Å². The lowest BCUT2D eigenvalue weighted by Gasteiger charge is -2.12. The second-order valence-electron chi connectivity index (χ2n) is 6.77. The van der Waals surface area contributed by atoms with Crippen LogP contribution in [-0.4, -0.2) is 0 Å². The molecule has 0 fully saturated rings. The number of aryl methyl sites for hydroxylation is 1. The van der Waals surface area contributed by atoms with Gasteiger partial charge in [-0.05, 0) is 48.9 Å². The second kappa shape index (κ2) is 13.9. The summed E-state index contributed by atoms with van der Waals surface area (Å²) in [5.41, 5.74) is 11.4. The molecule has 1 aromatic rings. The third-order valence-electron chi connectivity index (χ3n) is 5.03. The van der Waals surface area contributed by atoms with Crippen LogP contribution in [0.15, 0.2) is 12.1 Å². The Morgan fingerprint density at radius 2 is 1.13 bits per heavy atom. The van der Waals surface area contributed by atoms with Crippen LogP contribution in [0.3, 0.4) is 0 Å². The molecule has 0 radical (unpaired) electrons. The summed E-state index contributed by atoms with van der Waals surface area (Å²) in [6, 6.07) is 4.51. The molecule has 0 aliphatic carbocycles. The molecule has 0 aliphatic heterocycles. The van der Waals surface area contributed by atoms with Crippen LogP contribution in [0.25, 0.3) is 0 Å². The van der Waals surface area contributed by atoms with Crippen molar-refractivity contribution in [3.63, 3.8) is 0 Å². The van der Waals surface area contributed by atoms with E-state index in [9.17, 15) is 0 Å². The number of unbranched alkanes of at least 4 members (excludes halogenated alkanes) is 9. The molecule has 134 valence electrons. The van der Waals surface area contributed by atoms with Gasteiger partial charge in [-0.3, -0.25) is 0 Å². The van der Waals surface area contributed by atoms with Crippen molar-refractivity contribution in [2.24, 2.45) is 5.73 Å². The minimum atomic E-state index is 0. The normalized spacial score (nSPS) is 10.6. The van der Waals surface area contributed by atoms with Crippen LogP contribution in [0, 0.1) is 13.8 Å². The molecule has 0 saturated heterocycles. The van der Waals surface area contributed by atoms with Gasteiger partial charge in [0.2, 0.25) is 0 Å². The van der Waals surface area contributed by atoms with Gasteiger partial charge in [0.15, 0.2) is 0 Å². The van der Waals surface area contributed by atoms with Gasteiger partial charge in [-0.1, -0.05) is 76.8 Å². The summed E-state index contributed by atoms with van der Waals surface area (Å²) in [5.74, 6) is 0. The molecule has 0 spiro atoms. The highest BCUT2D eigenvalue weighted by Crippen LogP contribution is 2.20. The number of hydrogen-bond acceptors (Lipinski definition) is 1. The summed E-state index contributed by atoms with van der Waals surface area (Å²) in [6.07, 6.45) is 15.3. The summed E-state index contributed by atoms with van der Waals surface area (Å²) in [5, 5.41) is 0. The van der Waals surface area contributed by atoms with Crippen molar-refractivity contribution >= 4 is 12.4 Å². The SMILES string of the molecule is CCCCCCCCCCCCc1ccc(CN)c(C)c1C.Cl. The smallest absolute Gasteiger partial charge is 0.0180 e. The molecule has 0 aromatic heterocycles. The maximum Gasteiger partial charge on any atom is 0.0180 e. The number of rotatable bonds is 12. The molecule has 2 N–H and O–H groups in total. The van der Waals surface area contributed by atoms with Crippen molar-refractivity contribution < 1.29 is 0 Å². The lowest BCUT2D eigenvalue weighted by Crippen LogP contribution is -2.03. The van der Waals surface area contributed by atoms with E-state index >= 15 is 0 Å². The molecule has 23 heavy (non-hydrogen) atoms. The Bertz CT molecular complexity index is 415.